The van der Waals surface area contributed by atoms with Gasteiger partial charge < -0.3 is 9.64 Å². The van der Waals surface area contributed by atoms with Crippen molar-refractivity contribution in [2.75, 3.05) is 6.61 Å². The number of para-hydroxylation sites is 1. The molecule has 1 aliphatic heterocycles. The Hall–Kier alpha value is -3.01. The van der Waals surface area contributed by atoms with Crippen LogP contribution in [-0.2, 0) is 19.3 Å². The second-order valence-corrected chi connectivity index (χ2v) is 8.83. The molecular weight excluding hydrogens is 370 g/mol. The summed E-state index contributed by atoms with van der Waals surface area (Å²) in [6, 6.07) is 16.5. The second kappa shape index (κ2) is 7.05. The highest BCUT2D eigenvalue weighted by Crippen LogP contribution is 2.40. The predicted octanol–water partition coefficient (Wildman–Crippen LogP) is 5.00. The number of nitrogens with zero attached hydrogens (tertiary/aromatic N) is 2. The van der Waals surface area contributed by atoms with Crippen LogP contribution in [0, 0.1) is 0 Å². The Morgan fingerprint density at radius 2 is 1.87 bits per heavy atom. The van der Waals surface area contributed by atoms with Crippen molar-refractivity contribution in [2.45, 2.75) is 50.6 Å². The summed E-state index contributed by atoms with van der Waals surface area (Å²) in [4.78, 5) is 2.61. The second-order valence-electron chi connectivity index (χ2n) is 8.83. The van der Waals surface area contributed by atoms with E-state index in [1.807, 2.05) is 6.20 Å². The molecule has 4 nitrogen and oxygen atoms in total. The molecule has 3 aromatic rings. The van der Waals surface area contributed by atoms with Gasteiger partial charge in [0.15, 0.2) is 0 Å². The summed E-state index contributed by atoms with van der Waals surface area (Å²) < 4.78 is 5.91. The van der Waals surface area contributed by atoms with Crippen LogP contribution in [0.15, 0.2) is 55.2 Å². The number of hydrogen-bond donors (Lipinski definition) is 1. The molecule has 1 saturated carbocycles. The highest BCUT2D eigenvalue weighted by atomic mass is 16.5. The maximum atomic E-state index is 5.91. The van der Waals surface area contributed by atoms with Gasteiger partial charge in [-0.05, 0) is 54.4 Å². The fourth-order valence-electron chi connectivity index (χ4n) is 5.16. The molecule has 4 heteroatoms. The summed E-state index contributed by atoms with van der Waals surface area (Å²) in [7, 11) is 0. The molecule has 3 aliphatic rings. The molecule has 2 heterocycles. The predicted molar refractivity (Wildman–Crippen MR) is 119 cm³/mol. The summed E-state index contributed by atoms with van der Waals surface area (Å²) in [6.07, 6.45) is 8.87. The van der Waals surface area contributed by atoms with Gasteiger partial charge in [0, 0.05) is 35.5 Å². The van der Waals surface area contributed by atoms with Crippen LogP contribution in [0.5, 0.6) is 5.75 Å². The third-order valence-electron chi connectivity index (χ3n) is 6.88. The zero-order chi connectivity index (χ0) is 20.1. The maximum absolute atomic E-state index is 5.91. The van der Waals surface area contributed by atoms with Crippen LogP contribution in [0.2, 0.25) is 0 Å². The molecule has 6 rings (SSSR count). The van der Waals surface area contributed by atoms with Gasteiger partial charge in [0.2, 0.25) is 0 Å². The molecule has 0 saturated heterocycles. The number of benzene rings is 2. The van der Waals surface area contributed by atoms with Gasteiger partial charge in [0.05, 0.1) is 12.8 Å². The van der Waals surface area contributed by atoms with Crippen molar-refractivity contribution in [3.63, 3.8) is 0 Å². The lowest BCUT2D eigenvalue weighted by Gasteiger charge is -2.37. The average Bonchev–Trinajstić information content (AvgIpc) is 3.30. The summed E-state index contributed by atoms with van der Waals surface area (Å²) in [6.45, 7) is 5.33. The van der Waals surface area contributed by atoms with Crippen molar-refractivity contribution < 1.29 is 4.74 Å². The quantitative estimate of drug-likeness (QED) is 0.658. The number of hydrogen-bond acceptors (Lipinski definition) is 3. The first-order valence-electron chi connectivity index (χ1n) is 11.1. The third kappa shape index (κ3) is 3.02. The summed E-state index contributed by atoms with van der Waals surface area (Å²) in [5.74, 6) is 1.06. The van der Waals surface area contributed by atoms with Crippen molar-refractivity contribution in [3.8, 4) is 16.9 Å². The number of fused-ring (bicyclic) bond motifs is 2. The normalized spacial score (nSPS) is 19.7. The number of nitrogens with one attached hydrogen (secondary N) is 1. The summed E-state index contributed by atoms with van der Waals surface area (Å²) in [5, 5.41) is 7.41. The first-order valence-corrected chi connectivity index (χ1v) is 11.1. The number of aryl methyl sites for hydroxylation is 1. The van der Waals surface area contributed by atoms with Crippen molar-refractivity contribution in [3.05, 3.63) is 77.6 Å². The molecule has 152 valence electrons. The van der Waals surface area contributed by atoms with Crippen LogP contribution in [0.1, 0.15) is 41.6 Å². The molecule has 1 atom stereocenters. The molecule has 1 unspecified atom stereocenters. The van der Waals surface area contributed by atoms with Gasteiger partial charge in [-0.25, -0.2) is 0 Å². The fraction of sp³-hybridized carbons (Fsp3) is 0.346. The lowest BCUT2D eigenvalue weighted by molar-refractivity contribution is 0.259. The van der Waals surface area contributed by atoms with E-state index in [9.17, 15) is 0 Å². The number of aromatic amines is 1. The largest absolute Gasteiger partial charge is 0.492 e. The van der Waals surface area contributed by atoms with Crippen molar-refractivity contribution in [1.82, 2.24) is 15.1 Å². The topological polar surface area (TPSA) is 41.1 Å². The molecule has 30 heavy (non-hydrogen) atoms. The number of rotatable bonds is 5. The fourth-order valence-corrected chi connectivity index (χ4v) is 5.16. The molecule has 0 radical (unpaired) electrons. The molecule has 2 aromatic carbocycles. The van der Waals surface area contributed by atoms with Gasteiger partial charge in [0.25, 0.3) is 0 Å². The van der Waals surface area contributed by atoms with Gasteiger partial charge in [-0.2, -0.15) is 5.10 Å². The summed E-state index contributed by atoms with van der Waals surface area (Å²) in [5.41, 5.74) is 8.79. The average molecular weight is 398 g/mol. The Balaban J connectivity index is 1.26. The van der Waals surface area contributed by atoms with Gasteiger partial charge in [-0.1, -0.05) is 49.0 Å². The van der Waals surface area contributed by atoms with E-state index in [4.69, 9.17) is 4.74 Å². The van der Waals surface area contributed by atoms with E-state index in [-0.39, 0.29) is 0 Å². The minimum atomic E-state index is 0.514. The first kappa shape index (κ1) is 17.8. The van der Waals surface area contributed by atoms with Crippen molar-refractivity contribution in [1.29, 1.82) is 0 Å². The zero-order valence-electron chi connectivity index (χ0n) is 17.2. The van der Waals surface area contributed by atoms with Crippen LogP contribution >= 0.6 is 0 Å². The van der Waals surface area contributed by atoms with Gasteiger partial charge in [-0.15, -0.1) is 0 Å². The van der Waals surface area contributed by atoms with Crippen molar-refractivity contribution in [2.24, 2.45) is 0 Å². The van der Waals surface area contributed by atoms with Crippen LogP contribution in [0.25, 0.3) is 16.8 Å². The van der Waals surface area contributed by atoms with E-state index < -0.39 is 0 Å². The van der Waals surface area contributed by atoms with Crippen LogP contribution in [-0.4, -0.2) is 33.8 Å². The number of aromatic nitrogens is 2. The van der Waals surface area contributed by atoms with E-state index in [2.05, 4.69) is 64.1 Å². The monoisotopic (exact) mass is 397 g/mol. The first-order chi connectivity index (χ1) is 14.8. The molecule has 1 aromatic heterocycles. The van der Waals surface area contributed by atoms with E-state index in [0.717, 1.165) is 43.7 Å². The Kier molecular flexibility index (Phi) is 4.19. The van der Waals surface area contributed by atoms with Crippen molar-refractivity contribution >= 4 is 5.70 Å². The molecule has 1 fully saturated rings. The third-order valence-corrected chi connectivity index (χ3v) is 6.88. The van der Waals surface area contributed by atoms with Gasteiger partial charge in [0.1, 0.15) is 5.75 Å². The van der Waals surface area contributed by atoms with Crippen LogP contribution in [0.4, 0.5) is 0 Å². The van der Waals surface area contributed by atoms with Crippen LogP contribution < -0.4 is 4.74 Å². The maximum Gasteiger partial charge on any atom is 0.130 e. The Morgan fingerprint density at radius 3 is 2.70 bits per heavy atom. The summed E-state index contributed by atoms with van der Waals surface area (Å²) >= 11 is 0. The molecular formula is C26H27N3O. The molecule has 2 aliphatic carbocycles. The lowest BCUT2D eigenvalue weighted by Crippen LogP contribution is -2.39. The zero-order valence-corrected chi connectivity index (χ0v) is 17.2. The van der Waals surface area contributed by atoms with E-state index in [1.54, 1.807) is 0 Å². The minimum absolute atomic E-state index is 0.514. The highest BCUT2D eigenvalue weighted by molar-refractivity contribution is 5.75. The lowest BCUT2D eigenvalue weighted by atomic mass is 9.91. The molecule has 0 bridgehead atoms. The Labute approximate surface area is 177 Å². The molecule has 0 spiro atoms. The number of ether oxygens (including phenoxy) is 1. The Bertz CT molecular complexity index is 1090. The standard InChI is InChI=1S/C26H27N3O/c1-17(29(22-9-10-22)23-11-12-25-21(15-23)16-27-28-25)18-5-7-19(8-6-18)24-4-2-3-20-13-14-30-26(20)24/h2-8,16,22-23H,1,9-15H2,(H,27,28). The molecule has 1 N–H and O–H groups in total. The van der Waals surface area contributed by atoms with Gasteiger partial charge >= 0.3 is 0 Å². The van der Waals surface area contributed by atoms with E-state index >= 15 is 0 Å². The molecule has 0 amide bonds. The van der Waals surface area contributed by atoms with Gasteiger partial charge in [-0.3, -0.25) is 5.10 Å². The SMILES string of the molecule is C=C(c1ccc(-c2cccc3c2OCC3)cc1)N(C1CC1)C1CCc2[nH]ncc2C1. The smallest absolute Gasteiger partial charge is 0.130 e. The number of H-pyrrole nitrogens is 1. The highest BCUT2D eigenvalue weighted by Gasteiger charge is 2.36. The Morgan fingerprint density at radius 1 is 1.00 bits per heavy atom. The van der Waals surface area contributed by atoms with Crippen LogP contribution in [0.3, 0.4) is 0 Å². The van der Waals surface area contributed by atoms with E-state index in [0.29, 0.717) is 12.1 Å². The van der Waals surface area contributed by atoms with E-state index in [1.165, 1.54) is 46.4 Å². The minimum Gasteiger partial charge on any atom is -0.492 e.